The van der Waals surface area contributed by atoms with Crippen LogP contribution in [0.1, 0.15) is 24.3 Å². The van der Waals surface area contributed by atoms with E-state index in [0.717, 1.165) is 11.1 Å². The fourth-order valence-electron chi connectivity index (χ4n) is 2.90. The van der Waals surface area contributed by atoms with Gasteiger partial charge in [-0.1, -0.05) is 35.0 Å². The minimum Gasteiger partial charge on any atom is -0.347 e. The van der Waals surface area contributed by atoms with Gasteiger partial charge in [0.15, 0.2) is 0 Å². The number of aryl methyl sites for hydroxylation is 1. The van der Waals surface area contributed by atoms with Crippen molar-refractivity contribution in [3.63, 3.8) is 0 Å². The van der Waals surface area contributed by atoms with Crippen LogP contribution in [0.4, 0.5) is 0 Å². The number of benzene rings is 1. The number of aromatic nitrogens is 2. The number of nitrogens with zero attached hydrogens (tertiary/aromatic N) is 3. The largest absolute Gasteiger partial charge is 0.347 e. The number of carbonyl (C=O) groups is 1. The summed E-state index contributed by atoms with van der Waals surface area (Å²) in [5, 5.41) is 6.73. The van der Waals surface area contributed by atoms with Crippen molar-refractivity contribution in [2.45, 2.75) is 26.3 Å². The summed E-state index contributed by atoms with van der Waals surface area (Å²) in [5.41, 5.74) is 2.00. The Morgan fingerprint density at radius 2 is 1.92 bits per heavy atom. The van der Waals surface area contributed by atoms with Gasteiger partial charge >= 0.3 is 0 Å². The monoisotopic (exact) mass is 378 g/mol. The van der Waals surface area contributed by atoms with Crippen molar-refractivity contribution >= 4 is 15.9 Å². The molecule has 8 nitrogen and oxygen atoms in total. The average molecular weight is 378 g/mol. The first kappa shape index (κ1) is 18.5. The summed E-state index contributed by atoms with van der Waals surface area (Å²) in [4.78, 5) is 16.6. The summed E-state index contributed by atoms with van der Waals surface area (Å²) < 4.78 is 29.6. The number of piperidine rings is 1. The van der Waals surface area contributed by atoms with Crippen LogP contribution in [0.15, 0.2) is 28.8 Å². The molecule has 0 radical (unpaired) electrons. The van der Waals surface area contributed by atoms with Crippen LogP contribution in [0, 0.1) is 12.8 Å². The topological polar surface area (TPSA) is 105 Å². The average Bonchev–Trinajstić information content (AvgIpc) is 3.08. The van der Waals surface area contributed by atoms with Gasteiger partial charge in [0.05, 0.1) is 12.8 Å². The summed E-state index contributed by atoms with van der Waals surface area (Å²) >= 11 is 0. The summed E-state index contributed by atoms with van der Waals surface area (Å²) in [5.74, 6) is 0.499. The maximum Gasteiger partial charge on any atom is 0.246 e. The van der Waals surface area contributed by atoms with Gasteiger partial charge in [-0.3, -0.25) is 4.79 Å². The van der Waals surface area contributed by atoms with Crippen molar-refractivity contribution in [2.75, 3.05) is 19.3 Å². The van der Waals surface area contributed by atoms with Gasteiger partial charge in [0.25, 0.3) is 0 Å². The molecular weight excluding hydrogens is 356 g/mol. The molecule has 1 amide bonds. The second-order valence-electron chi connectivity index (χ2n) is 6.53. The Kier molecular flexibility index (Phi) is 5.38. The fraction of sp³-hybridized carbons (Fsp3) is 0.471. The zero-order chi connectivity index (χ0) is 18.7. The van der Waals surface area contributed by atoms with Crippen molar-refractivity contribution in [3.8, 4) is 11.4 Å². The van der Waals surface area contributed by atoms with E-state index in [4.69, 9.17) is 4.52 Å². The van der Waals surface area contributed by atoms with E-state index in [-0.39, 0.29) is 18.4 Å². The minimum absolute atomic E-state index is 0.117. The summed E-state index contributed by atoms with van der Waals surface area (Å²) in [6.07, 6.45) is 2.21. The van der Waals surface area contributed by atoms with Gasteiger partial charge < -0.3 is 9.84 Å². The third-order valence-corrected chi connectivity index (χ3v) is 5.79. The van der Waals surface area contributed by atoms with E-state index in [1.54, 1.807) is 0 Å². The first-order valence-electron chi connectivity index (χ1n) is 8.45. The van der Waals surface area contributed by atoms with Gasteiger partial charge in [0.2, 0.25) is 27.6 Å². The van der Waals surface area contributed by atoms with Crippen molar-refractivity contribution < 1.29 is 17.7 Å². The second kappa shape index (κ2) is 7.55. The van der Waals surface area contributed by atoms with Crippen molar-refractivity contribution in [3.05, 3.63) is 35.7 Å². The number of hydrogen-bond acceptors (Lipinski definition) is 6. The van der Waals surface area contributed by atoms with Crippen LogP contribution in [-0.4, -0.2) is 48.1 Å². The summed E-state index contributed by atoms with van der Waals surface area (Å²) in [6, 6.07) is 7.77. The van der Waals surface area contributed by atoms with Crippen molar-refractivity contribution in [1.29, 1.82) is 0 Å². The number of hydrogen-bond donors (Lipinski definition) is 1. The SMILES string of the molecule is Cc1ccc(-c2noc(CNC(=O)C3CCN(S(C)(=O)=O)CC3)n2)cc1. The molecule has 0 aliphatic carbocycles. The molecule has 1 saturated heterocycles. The maximum absolute atomic E-state index is 12.3. The number of nitrogens with one attached hydrogen (secondary N) is 1. The highest BCUT2D eigenvalue weighted by molar-refractivity contribution is 7.88. The molecule has 1 fully saturated rings. The molecule has 1 aliphatic rings. The van der Waals surface area contributed by atoms with Gasteiger partial charge in [-0.15, -0.1) is 0 Å². The van der Waals surface area contributed by atoms with Crippen molar-refractivity contribution in [2.24, 2.45) is 5.92 Å². The van der Waals surface area contributed by atoms with E-state index in [1.165, 1.54) is 10.6 Å². The van der Waals surface area contributed by atoms with Gasteiger partial charge in [0.1, 0.15) is 0 Å². The van der Waals surface area contributed by atoms with E-state index in [1.807, 2.05) is 31.2 Å². The Bertz CT molecular complexity index is 868. The lowest BCUT2D eigenvalue weighted by Crippen LogP contribution is -2.42. The lowest BCUT2D eigenvalue weighted by atomic mass is 9.97. The van der Waals surface area contributed by atoms with E-state index < -0.39 is 10.0 Å². The molecule has 0 bridgehead atoms. The smallest absolute Gasteiger partial charge is 0.246 e. The van der Waals surface area contributed by atoms with Crippen LogP contribution in [0.2, 0.25) is 0 Å². The van der Waals surface area contributed by atoms with Gasteiger partial charge in [-0.05, 0) is 19.8 Å². The molecule has 0 spiro atoms. The Balaban J connectivity index is 1.52. The Labute approximate surface area is 152 Å². The molecule has 26 heavy (non-hydrogen) atoms. The number of amides is 1. The van der Waals surface area contributed by atoms with Crippen LogP contribution < -0.4 is 5.32 Å². The fourth-order valence-corrected chi connectivity index (χ4v) is 3.78. The van der Waals surface area contributed by atoms with E-state index >= 15 is 0 Å². The third kappa shape index (κ3) is 4.47. The Hall–Kier alpha value is -2.26. The lowest BCUT2D eigenvalue weighted by Gasteiger charge is -2.29. The predicted octanol–water partition coefficient (Wildman–Crippen LogP) is 1.33. The van der Waals surface area contributed by atoms with Crippen LogP contribution in [0.25, 0.3) is 11.4 Å². The van der Waals surface area contributed by atoms with Gasteiger partial charge in [-0.25, -0.2) is 12.7 Å². The quantitative estimate of drug-likeness (QED) is 0.841. The molecule has 0 atom stereocenters. The molecule has 1 N–H and O–H groups in total. The minimum atomic E-state index is -3.19. The molecule has 2 aromatic rings. The molecule has 140 valence electrons. The highest BCUT2D eigenvalue weighted by Gasteiger charge is 2.28. The predicted molar refractivity (Wildman–Crippen MR) is 95.5 cm³/mol. The molecule has 1 aliphatic heterocycles. The second-order valence-corrected chi connectivity index (χ2v) is 8.51. The highest BCUT2D eigenvalue weighted by Crippen LogP contribution is 2.20. The van der Waals surface area contributed by atoms with Crippen LogP contribution >= 0.6 is 0 Å². The zero-order valence-electron chi connectivity index (χ0n) is 14.8. The molecule has 0 saturated carbocycles. The standard InChI is InChI=1S/C17H22N4O4S/c1-12-3-5-13(6-4-12)16-19-15(25-20-16)11-18-17(22)14-7-9-21(10-8-14)26(2,23)24/h3-6,14H,7-11H2,1-2H3,(H,18,22). The van der Waals surface area contributed by atoms with Gasteiger partial charge in [0, 0.05) is 24.6 Å². The molecule has 1 aromatic carbocycles. The van der Waals surface area contributed by atoms with E-state index in [0.29, 0.717) is 37.6 Å². The third-order valence-electron chi connectivity index (χ3n) is 4.49. The maximum atomic E-state index is 12.3. The summed E-state index contributed by atoms with van der Waals surface area (Å²) in [6.45, 7) is 2.90. The van der Waals surface area contributed by atoms with Crippen molar-refractivity contribution in [1.82, 2.24) is 19.8 Å². The molecule has 9 heteroatoms. The lowest BCUT2D eigenvalue weighted by molar-refractivity contribution is -0.126. The highest BCUT2D eigenvalue weighted by atomic mass is 32.2. The molecule has 1 aromatic heterocycles. The van der Waals surface area contributed by atoms with Gasteiger partial charge in [-0.2, -0.15) is 4.98 Å². The first-order chi connectivity index (χ1) is 12.3. The summed E-state index contributed by atoms with van der Waals surface area (Å²) in [7, 11) is -3.19. The molecular formula is C17H22N4O4S. The Morgan fingerprint density at radius 1 is 1.27 bits per heavy atom. The van der Waals surface area contributed by atoms with Crippen LogP contribution in [0.3, 0.4) is 0 Å². The van der Waals surface area contributed by atoms with Crippen LogP contribution in [-0.2, 0) is 21.4 Å². The zero-order valence-corrected chi connectivity index (χ0v) is 15.6. The first-order valence-corrected chi connectivity index (χ1v) is 10.3. The van der Waals surface area contributed by atoms with Crippen LogP contribution in [0.5, 0.6) is 0 Å². The van der Waals surface area contributed by atoms with E-state index in [9.17, 15) is 13.2 Å². The van der Waals surface area contributed by atoms with E-state index in [2.05, 4.69) is 15.5 Å². The number of rotatable bonds is 5. The Morgan fingerprint density at radius 3 is 2.54 bits per heavy atom. The molecule has 3 rings (SSSR count). The number of sulfonamides is 1. The number of carbonyl (C=O) groups excluding carboxylic acids is 1. The normalized spacial score (nSPS) is 16.5. The molecule has 2 heterocycles. The molecule has 0 unspecified atom stereocenters.